The maximum atomic E-state index is 11.6. The van der Waals surface area contributed by atoms with Crippen LogP contribution in [0.25, 0.3) is 11.0 Å². The molecule has 2 N–H and O–H groups in total. The number of fused-ring (bicyclic) bond motifs is 1. The zero-order valence-electron chi connectivity index (χ0n) is 17.5. The Morgan fingerprint density at radius 3 is 2.63 bits per heavy atom. The Morgan fingerprint density at radius 1 is 1.17 bits per heavy atom. The van der Waals surface area contributed by atoms with Crippen LogP contribution >= 0.6 is 0 Å². The summed E-state index contributed by atoms with van der Waals surface area (Å²) in [5.74, 6) is -0.0709. The number of carboxylic acid groups (broad SMARTS) is 1. The summed E-state index contributed by atoms with van der Waals surface area (Å²) in [5.41, 5.74) is 5.49. The van der Waals surface area contributed by atoms with E-state index in [-0.39, 0.29) is 11.6 Å². The molecule has 1 saturated heterocycles. The average Bonchev–Trinajstić information content (AvgIpc) is 2.73. The van der Waals surface area contributed by atoms with Crippen LogP contribution in [0.15, 0.2) is 36.4 Å². The van der Waals surface area contributed by atoms with Gasteiger partial charge in [-0.3, -0.25) is 0 Å². The molecule has 0 spiro atoms. The number of nitrogens with one attached hydrogen (secondary N) is 1. The summed E-state index contributed by atoms with van der Waals surface area (Å²) in [6.07, 6.45) is 0. The quantitative estimate of drug-likeness (QED) is 0.663. The van der Waals surface area contributed by atoms with E-state index in [9.17, 15) is 9.90 Å². The van der Waals surface area contributed by atoms with E-state index in [2.05, 4.69) is 16.3 Å². The third-order valence-electron chi connectivity index (χ3n) is 5.40. The first-order valence-electron chi connectivity index (χ1n) is 10.1. The van der Waals surface area contributed by atoms with Crippen molar-refractivity contribution in [2.24, 2.45) is 0 Å². The lowest BCUT2D eigenvalue weighted by atomic mass is 10.0. The van der Waals surface area contributed by atoms with Gasteiger partial charge in [0.2, 0.25) is 0 Å². The number of ether oxygens (including phenoxy) is 1. The minimum Gasteiger partial charge on any atom is -0.478 e. The van der Waals surface area contributed by atoms with Crippen molar-refractivity contribution < 1.29 is 14.6 Å². The molecule has 1 aliphatic rings. The molecule has 1 atom stereocenters. The molecule has 7 heteroatoms. The van der Waals surface area contributed by atoms with Crippen molar-refractivity contribution >= 4 is 28.5 Å². The fourth-order valence-electron chi connectivity index (χ4n) is 3.92. The summed E-state index contributed by atoms with van der Waals surface area (Å²) in [6.45, 7) is 9.00. The monoisotopic (exact) mass is 406 g/mol. The van der Waals surface area contributed by atoms with Gasteiger partial charge in [-0.05, 0) is 44.5 Å². The first-order valence-corrected chi connectivity index (χ1v) is 10.1. The number of morpholine rings is 1. The van der Waals surface area contributed by atoms with Gasteiger partial charge in [-0.15, -0.1) is 0 Å². The second-order valence-corrected chi connectivity index (χ2v) is 7.67. The Hall–Kier alpha value is -3.19. The van der Waals surface area contributed by atoms with Gasteiger partial charge in [-0.2, -0.15) is 0 Å². The molecule has 4 rings (SSSR count). The normalized spacial score (nSPS) is 15.2. The zero-order valence-corrected chi connectivity index (χ0v) is 17.5. The summed E-state index contributed by atoms with van der Waals surface area (Å²) < 4.78 is 5.48. The van der Waals surface area contributed by atoms with Crippen LogP contribution in [0.1, 0.15) is 40.1 Å². The van der Waals surface area contributed by atoms with Crippen LogP contribution in [0.2, 0.25) is 0 Å². The largest absolute Gasteiger partial charge is 0.478 e. The molecule has 2 heterocycles. The van der Waals surface area contributed by atoms with Gasteiger partial charge in [0, 0.05) is 24.3 Å². The highest BCUT2D eigenvalue weighted by Crippen LogP contribution is 2.30. The average molecular weight is 406 g/mol. The second-order valence-electron chi connectivity index (χ2n) is 7.67. The van der Waals surface area contributed by atoms with Crippen LogP contribution < -0.4 is 10.2 Å². The summed E-state index contributed by atoms with van der Waals surface area (Å²) in [5, 5.41) is 12.9. The molecule has 0 saturated carbocycles. The number of carboxylic acids is 1. The summed E-state index contributed by atoms with van der Waals surface area (Å²) >= 11 is 0. The topological polar surface area (TPSA) is 87.6 Å². The van der Waals surface area contributed by atoms with Crippen LogP contribution in [-0.2, 0) is 4.74 Å². The van der Waals surface area contributed by atoms with E-state index in [1.54, 1.807) is 18.2 Å². The second kappa shape index (κ2) is 8.28. The summed E-state index contributed by atoms with van der Waals surface area (Å²) in [7, 11) is 0. The lowest BCUT2D eigenvalue weighted by Crippen LogP contribution is -2.37. The van der Waals surface area contributed by atoms with Crippen LogP contribution in [0.4, 0.5) is 11.5 Å². The van der Waals surface area contributed by atoms with Gasteiger partial charge >= 0.3 is 5.97 Å². The number of aryl methyl sites for hydroxylation is 2. The van der Waals surface area contributed by atoms with Crippen molar-refractivity contribution in [3.8, 4) is 0 Å². The highest BCUT2D eigenvalue weighted by atomic mass is 16.5. The number of benzene rings is 2. The van der Waals surface area contributed by atoms with Crippen molar-refractivity contribution in [2.45, 2.75) is 26.8 Å². The molecule has 1 unspecified atom stereocenters. The molecule has 1 aromatic heterocycles. The third kappa shape index (κ3) is 3.93. The van der Waals surface area contributed by atoms with E-state index in [4.69, 9.17) is 14.7 Å². The van der Waals surface area contributed by atoms with Gasteiger partial charge in [0.25, 0.3) is 0 Å². The van der Waals surface area contributed by atoms with Gasteiger partial charge in [0.1, 0.15) is 0 Å². The number of rotatable bonds is 5. The highest BCUT2D eigenvalue weighted by Gasteiger charge is 2.20. The number of hydrogen-bond donors (Lipinski definition) is 2. The third-order valence-corrected chi connectivity index (χ3v) is 5.40. The number of nitrogens with zero attached hydrogens (tertiary/aromatic N) is 3. The lowest BCUT2D eigenvalue weighted by Gasteiger charge is -2.29. The Labute approximate surface area is 175 Å². The lowest BCUT2D eigenvalue weighted by molar-refractivity contribution is 0.0698. The van der Waals surface area contributed by atoms with Crippen molar-refractivity contribution in [3.05, 3.63) is 58.8 Å². The predicted molar refractivity (Wildman–Crippen MR) is 117 cm³/mol. The summed E-state index contributed by atoms with van der Waals surface area (Å²) in [6, 6.07) is 10.9. The number of hydrogen-bond acceptors (Lipinski definition) is 6. The van der Waals surface area contributed by atoms with E-state index in [0.29, 0.717) is 18.9 Å². The standard InChI is InChI=1S/C23H26N4O3/c1-14-12-18(15(2)24-19-7-5-4-6-17(19)23(28)29)21-20(13-14)25-16(3)22(26-21)27-8-10-30-11-9-27/h4-7,12-13,15,24H,8-11H2,1-3H3,(H,28,29). The molecule has 2 aromatic carbocycles. The van der Waals surface area contributed by atoms with E-state index in [0.717, 1.165) is 46.8 Å². The van der Waals surface area contributed by atoms with E-state index >= 15 is 0 Å². The molecule has 7 nitrogen and oxygen atoms in total. The molecule has 1 aliphatic heterocycles. The molecule has 3 aromatic rings. The minimum atomic E-state index is -0.954. The van der Waals surface area contributed by atoms with Gasteiger partial charge in [0.05, 0.1) is 41.5 Å². The molecular formula is C23H26N4O3. The zero-order chi connectivity index (χ0) is 21.3. The fraction of sp³-hybridized carbons (Fsp3) is 0.348. The molecule has 0 bridgehead atoms. The van der Waals surface area contributed by atoms with Gasteiger partial charge in [0.15, 0.2) is 5.82 Å². The molecule has 0 radical (unpaired) electrons. The smallest absolute Gasteiger partial charge is 0.337 e. The molecule has 0 aliphatic carbocycles. The highest BCUT2D eigenvalue weighted by molar-refractivity contribution is 5.94. The Kier molecular flexibility index (Phi) is 5.55. The SMILES string of the molecule is Cc1cc(C(C)Nc2ccccc2C(=O)O)c2nc(N3CCOCC3)c(C)nc2c1. The molecule has 0 amide bonds. The first kappa shape index (κ1) is 20.1. The van der Waals surface area contributed by atoms with Crippen LogP contribution in [0.5, 0.6) is 0 Å². The van der Waals surface area contributed by atoms with Gasteiger partial charge < -0.3 is 20.1 Å². The summed E-state index contributed by atoms with van der Waals surface area (Å²) in [4.78, 5) is 23.7. The first-order chi connectivity index (χ1) is 14.4. The minimum absolute atomic E-state index is 0.151. The van der Waals surface area contributed by atoms with Crippen LogP contribution in [-0.4, -0.2) is 47.3 Å². The maximum absolute atomic E-state index is 11.6. The number of anilines is 2. The Morgan fingerprint density at radius 2 is 1.90 bits per heavy atom. The predicted octanol–water partition coefficient (Wildman–Crippen LogP) is 3.95. The van der Waals surface area contributed by atoms with Gasteiger partial charge in [-0.1, -0.05) is 18.2 Å². The van der Waals surface area contributed by atoms with Crippen LogP contribution in [0.3, 0.4) is 0 Å². The number of carbonyl (C=O) groups is 1. The van der Waals surface area contributed by atoms with Gasteiger partial charge in [-0.25, -0.2) is 14.8 Å². The van der Waals surface area contributed by atoms with E-state index in [1.165, 1.54) is 0 Å². The van der Waals surface area contributed by atoms with Crippen molar-refractivity contribution in [1.29, 1.82) is 0 Å². The van der Waals surface area contributed by atoms with E-state index in [1.807, 2.05) is 32.9 Å². The number of para-hydroxylation sites is 1. The number of aromatic nitrogens is 2. The molecule has 1 fully saturated rings. The maximum Gasteiger partial charge on any atom is 0.337 e. The van der Waals surface area contributed by atoms with E-state index < -0.39 is 5.97 Å². The fourth-order valence-corrected chi connectivity index (χ4v) is 3.92. The molecule has 156 valence electrons. The number of aromatic carboxylic acids is 1. The van der Waals surface area contributed by atoms with Crippen molar-refractivity contribution in [1.82, 2.24) is 9.97 Å². The molecular weight excluding hydrogens is 380 g/mol. The van der Waals surface area contributed by atoms with Crippen molar-refractivity contribution in [2.75, 3.05) is 36.5 Å². The molecule has 30 heavy (non-hydrogen) atoms. The Bertz CT molecular complexity index is 1090. The Balaban J connectivity index is 1.76. The van der Waals surface area contributed by atoms with Crippen molar-refractivity contribution in [3.63, 3.8) is 0 Å². The van der Waals surface area contributed by atoms with Crippen LogP contribution in [0, 0.1) is 13.8 Å².